The van der Waals surface area contributed by atoms with Gasteiger partial charge in [-0.25, -0.2) is 4.98 Å². The summed E-state index contributed by atoms with van der Waals surface area (Å²) in [5, 5.41) is 3.78. The van der Waals surface area contributed by atoms with E-state index in [1.807, 2.05) is 11.4 Å². The number of benzene rings is 1. The molecule has 0 bridgehead atoms. The summed E-state index contributed by atoms with van der Waals surface area (Å²) in [4.78, 5) is 19.7. The lowest BCUT2D eigenvalue weighted by Crippen LogP contribution is -2.49. The third-order valence-corrected chi connectivity index (χ3v) is 6.81. The smallest absolute Gasteiger partial charge is 0.273 e. The number of likely N-dealkylation sites (tertiary alicyclic amines) is 1. The first kappa shape index (κ1) is 17.3. The van der Waals surface area contributed by atoms with Crippen LogP contribution in [0.2, 0.25) is 10.0 Å². The fourth-order valence-electron chi connectivity index (χ4n) is 4.18. The lowest BCUT2D eigenvalue weighted by Gasteiger charge is -2.43. The van der Waals surface area contributed by atoms with Crippen LogP contribution in [0.3, 0.4) is 0 Å². The van der Waals surface area contributed by atoms with Gasteiger partial charge in [0.1, 0.15) is 10.7 Å². The first-order valence-corrected chi connectivity index (χ1v) is 10.5. The maximum absolute atomic E-state index is 13.1. The Morgan fingerprint density at radius 2 is 1.96 bits per heavy atom. The van der Waals surface area contributed by atoms with Crippen LogP contribution in [0.15, 0.2) is 23.6 Å². The number of nitrogens with zero attached hydrogens (tertiary/aromatic N) is 2. The molecule has 0 N–H and O–H groups in total. The second-order valence-electron chi connectivity index (χ2n) is 6.91. The molecule has 0 radical (unpaired) electrons. The molecule has 2 unspecified atom stereocenters. The van der Waals surface area contributed by atoms with Crippen molar-refractivity contribution in [2.75, 3.05) is 6.54 Å². The molecule has 2 aliphatic rings. The fourth-order valence-corrected chi connectivity index (χ4v) is 5.57. The standard InChI is InChI=1S/C19H20Cl2N2OS/c20-13-7-8-14(15(21)10-13)18-22-16(11-25-18)19(24)23-9-3-5-12-4-1-2-6-17(12)23/h7-8,10-12,17H,1-6,9H2. The summed E-state index contributed by atoms with van der Waals surface area (Å²) < 4.78 is 0. The van der Waals surface area contributed by atoms with Crippen molar-refractivity contribution in [3.05, 3.63) is 39.3 Å². The van der Waals surface area contributed by atoms with Crippen LogP contribution < -0.4 is 0 Å². The maximum atomic E-state index is 13.1. The number of hydrogen-bond donors (Lipinski definition) is 0. The van der Waals surface area contributed by atoms with Crippen molar-refractivity contribution in [1.29, 1.82) is 0 Å². The molecular formula is C19H20Cl2N2OS. The van der Waals surface area contributed by atoms with E-state index in [4.69, 9.17) is 23.2 Å². The largest absolute Gasteiger partial charge is 0.334 e. The van der Waals surface area contributed by atoms with Crippen LogP contribution in [-0.4, -0.2) is 28.4 Å². The zero-order valence-electron chi connectivity index (χ0n) is 13.9. The van der Waals surface area contributed by atoms with Gasteiger partial charge in [-0.1, -0.05) is 36.0 Å². The molecule has 3 nitrogen and oxygen atoms in total. The van der Waals surface area contributed by atoms with Gasteiger partial charge in [0.05, 0.1) is 5.02 Å². The Bertz CT molecular complexity index is 789. The molecule has 1 aromatic heterocycles. The predicted octanol–water partition coefficient (Wildman–Crippen LogP) is 5.91. The van der Waals surface area contributed by atoms with Crippen molar-refractivity contribution < 1.29 is 4.79 Å². The molecule has 1 saturated carbocycles. The van der Waals surface area contributed by atoms with Gasteiger partial charge in [-0.2, -0.15) is 0 Å². The van der Waals surface area contributed by atoms with E-state index in [0.29, 0.717) is 27.7 Å². The second-order valence-corrected chi connectivity index (χ2v) is 8.62. The molecule has 4 rings (SSSR count). The molecule has 1 aromatic carbocycles. The van der Waals surface area contributed by atoms with E-state index < -0.39 is 0 Å². The summed E-state index contributed by atoms with van der Waals surface area (Å²) in [5.74, 6) is 0.749. The minimum absolute atomic E-state index is 0.0733. The van der Waals surface area contributed by atoms with Crippen molar-refractivity contribution >= 4 is 40.4 Å². The van der Waals surface area contributed by atoms with Gasteiger partial charge in [0.25, 0.3) is 5.91 Å². The fraction of sp³-hybridized carbons (Fsp3) is 0.474. The molecular weight excluding hydrogens is 375 g/mol. The van der Waals surface area contributed by atoms with Crippen LogP contribution in [0.1, 0.15) is 49.0 Å². The maximum Gasteiger partial charge on any atom is 0.273 e. The first-order chi connectivity index (χ1) is 12.1. The Hall–Kier alpha value is -1.10. The van der Waals surface area contributed by atoms with E-state index in [9.17, 15) is 4.79 Å². The average molecular weight is 395 g/mol. The Morgan fingerprint density at radius 3 is 2.80 bits per heavy atom. The summed E-state index contributed by atoms with van der Waals surface area (Å²) in [6.07, 6.45) is 7.30. The van der Waals surface area contributed by atoms with Gasteiger partial charge in [-0.3, -0.25) is 4.79 Å². The number of thiazole rings is 1. The summed E-state index contributed by atoms with van der Waals surface area (Å²) in [7, 11) is 0. The molecule has 2 heterocycles. The zero-order chi connectivity index (χ0) is 17.4. The molecule has 0 spiro atoms. The van der Waals surface area contributed by atoms with E-state index in [0.717, 1.165) is 30.0 Å². The van der Waals surface area contributed by atoms with Gasteiger partial charge in [0, 0.05) is 28.6 Å². The number of amides is 1. The van der Waals surface area contributed by atoms with E-state index in [1.165, 1.54) is 37.0 Å². The Balaban J connectivity index is 1.58. The lowest BCUT2D eigenvalue weighted by molar-refractivity contribution is 0.0386. The molecule has 6 heteroatoms. The average Bonchev–Trinajstić information content (AvgIpc) is 3.10. The highest BCUT2D eigenvalue weighted by Gasteiger charge is 2.36. The van der Waals surface area contributed by atoms with Crippen molar-refractivity contribution in [2.24, 2.45) is 5.92 Å². The Labute approximate surface area is 162 Å². The van der Waals surface area contributed by atoms with Gasteiger partial charge in [0.15, 0.2) is 0 Å². The highest BCUT2D eigenvalue weighted by atomic mass is 35.5. The van der Waals surface area contributed by atoms with E-state index in [2.05, 4.69) is 9.88 Å². The highest BCUT2D eigenvalue weighted by molar-refractivity contribution is 7.13. The van der Waals surface area contributed by atoms with Crippen molar-refractivity contribution in [2.45, 2.75) is 44.6 Å². The minimum Gasteiger partial charge on any atom is -0.334 e. The number of aromatic nitrogens is 1. The molecule has 2 aromatic rings. The minimum atomic E-state index is 0.0733. The van der Waals surface area contributed by atoms with Crippen molar-refractivity contribution in [3.8, 4) is 10.6 Å². The number of piperidine rings is 1. The van der Waals surface area contributed by atoms with Crippen LogP contribution in [0, 0.1) is 5.92 Å². The summed E-state index contributed by atoms with van der Waals surface area (Å²) >= 11 is 13.7. The molecule has 25 heavy (non-hydrogen) atoms. The van der Waals surface area contributed by atoms with E-state index >= 15 is 0 Å². The van der Waals surface area contributed by atoms with Crippen LogP contribution in [-0.2, 0) is 0 Å². The van der Waals surface area contributed by atoms with Gasteiger partial charge in [-0.15, -0.1) is 11.3 Å². The van der Waals surface area contributed by atoms with Crippen LogP contribution in [0.25, 0.3) is 10.6 Å². The number of halogens is 2. The quantitative estimate of drug-likeness (QED) is 0.633. The monoisotopic (exact) mass is 394 g/mol. The van der Waals surface area contributed by atoms with Crippen molar-refractivity contribution in [3.63, 3.8) is 0 Å². The predicted molar refractivity (Wildman–Crippen MR) is 104 cm³/mol. The highest BCUT2D eigenvalue weighted by Crippen LogP contribution is 2.37. The molecule has 132 valence electrons. The molecule has 1 saturated heterocycles. The number of carbonyl (C=O) groups excluding carboxylic acids is 1. The van der Waals surface area contributed by atoms with Crippen LogP contribution >= 0.6 is 34.5 Å². The van der Waals surface area contributed by atoms with E-state index in [1.54, 1.807) is 12.1 Å². The third-order valence-electron chi connectivity index (χ3n) is 5.39. The van der Waals surface area contributed by atoms with Gasteiger partial charge >= 0.3 is 0 Å². The number of rotatable bonds is 2. The topological polar surface area (TPSA) is 33.2 Å². The lowest BCUT2D eigenvalue weighted by atomic mass is 9.78. The first-order valence-electron chi connectivity index (χ1n) is 8.85. The molecule has 1 amide bonds. The second kappa shape index (κ2) is 7.26. The summed E-state index contributed by atoms with van der Waals surface area (Å²) in [5.41, 5.74) is 1.36. The molecule has 2 atom stereocenters. The van der Waals surface area contributed by atoms with Crippen molar-refractivity contribution in [1.82, 2.24) is 9.88 Å². The van der Waals surface area contributed by atoms with Crippen LogP contribution in [0.4, 0.5) is 0 Å². The van der Waals surface area contributed by atoms with Gasteiger partial charge < -0.3 is 4.90 Å². The summed E-state index contributed by atoms with van der Waals surface area (Å²) in [6, 6.07) is 5.76. The Morgan fingerprint density at radius 1 is 1.16 bits per heavy atom. The SMILES string of the molecule is O=C(c1csc(-c2ccc(Cl)cc2Cl)n1)N1CCCC2CCCCC21. The van der Waals surface area contributed by atoms with E-state index in [-0.39, 0.29) is 5.91 Å². The Kier molecular flexibility index (Phi) is 5.03. The van der Waals surface area contributed by atoms with Gasteiger partial charge in [-0.05, 0) is 49.8 Å². The summed E-state index contributed by atoms with van der Waals surface area (Å²) in [6.45, 7) is 0.856. The third kappa shape index (κ3) is 3.44. The molecule has 1 aliphatic heterocycles. The normalized spacial score (nSPS) is 23.4. The van der Waals surface area contributed by atoms with Gasteiger partial charge in [0.2, 0.25) is 0 Å². The number of hydrogen-bond acceptors (Lipinski definition) is 3. The molecule has 2 fully saturated rings. The number of carbonyl (C=O) groups is 1. The molecule has 1 aliphatic carbocycles. The van der Waals surface area contributed by atoms with Crippen LogP contribution in [0.5, 0.6) is 0 Å². The zero-order valence-corrected chi connectivity index (χ0v) is 16.2. The number of fused-ring (bicyclic) bond motifs is 1.